The van der Waals surface area contributed by atoms with Crippen LogP contribution in [0.5, 0.6) is 5.75 Å². The number of methoxy groups -OCH3 is 1. The van der Waals surface area contributed by atoms with Gasteiger partial charge in [0.05, 0.1) is 7.11 Å². The maximum Gasteiger partial charge on any atom is 0.257 e. The third kappa shape index (κ3) is 2.95. The van der Waals surface area contributed by atoms with Gasteiger partial charge in [-0.15, -0.1) is 0 Å². The van der Waals surface area contributed by atoms with E-state index in [1.807, 2.05) is 19.1 Å². The predicted octanol–water partition coefficient (Wildman–Crippen LogP) is 0.590. The number of amides is 1. The zero-order valence-corrected chi connectivity index (χ0v) is 10.4. The van der Waals surface area contributed by atoms with Gasteiger partial charge < -0.3 is 10.5 Å². The summed E-state index contributed by atoms with van der Waals surface area (Å²) in [6, 6.07) is 4.74. The summed E-state index contributed by atoms with van der Waals surface area (Å²) in [5, 5.41) is 1.00. The first-order valence-electron chi connectivity index (χ1n) is 5.45. The Balaban J connectivity index is 3.03. The lowest BCUT2D eigenvalue weighted by molar-refractivity contribution is -0.131. The van der Waals surface area contributed by atoms with E-state index >= 15 is 0 Å². The van der Waals surface area contributed by atoms with Crippen LogP contribution in [-0.4, -0.2) is 25.1 Å². The number of benzene rings is 1. The maximum absolute atomic E-state index is 11.6. The highest BCUT2D eigenvalue weighted by Crippen LogP contribution is 2.23. The Hall–Kier alpha value is -1.59. The summed E-state index contributed by atoms with van der Waals surface area (Å²) >= 11 is 0. The van der Waals surface area contributed by atoms with Crippen LogP contribution in [0.25, 0.3) is 0 Å². The van der Waals surface area contributed by atoms with Gasteiger partial charge in [-0.1, -0.05) is 19.1 Å². The minimum absolute atomic E-state index is 0.322. The van der Waals surface area contributed by atoms with Gasteiger partial charge in [-0.3, -0.25) is 9.80 Å². The van der Waals surface area contributed by atoms with E-state index in [2.05, 4.69) is 0 Å². The Morgan fingerprint density at radius 2 is 2.18 bits per heavy atom. The van der Waals surface area contributed by atoms with Gasteiger partial charge in [0.25, 0.3) is 5.91 Å². The number of rotatable bonds is 4. The number of carbonyl (C=O) groups excluding carboxylic acids is 1. The molecule has 0 heterocycles. The van der Waals surface area contributed by atoms with Crippen molar-refractivity contribution in [2.75, 3.05) is 14.2 Å². The van der Waals surface area contributed by atoms with Crippen molar-refractivity contribution < 1.29 is 9.53 Å². The molecule has 0 aromatic heterocycles. The quantitative estimate of drug-likeness (QED) is 0.456. The number of hydrazine groups is 1. The van der Waals surface area contributed by atoms with Crippen molar-refractivity contribution in [3.63, 3.8) is 0 Å². The van der Waals surface area contributed by atoms with Crippen LogP contribution in [0.4, 0.5) is 0 Å². The number of hydrogen-bond donors (Lipinski definition) is 2. The number of aryl methyl sites for hydroxylation is 1. The monoisotopic (exact) mass is 237 g/mol. The second-order valence-corrected chi connectivity index (χ2v) is 3.85. The molecule has 1 atom stereocenters. The predicted molar refractivity (Wildman–Crippen MR) is 66.3 cm³/mol. The highest BCUT2D eigenvalue weighted by Gasteiger charge is 2.19. The van der Waals surface area contributed by atoms with E-state index in [4.69, 9.17) is 16.3 Å². The van der Waals surface area contributed by atoms with E-state index in [1.54, 1.807) is 13.2 Å². The number of nitrogens with zero attached hydrogens (tertiary/aromatic N) is 1. The largest absolute Gasteiger partial charge is 0.496 e. The lowest BCUT2D eigenvalue weighted by atomic mass is 10.0. The van der Waals surface area contributed by atoms with E-state index < -0.39 is 6.04 Å². The summed E-state index contributed by atoms with van der Waals surface area (Å²) in [4.78, 5) is 11.6. The molecule has 5 heteroatoms. The highest BCUT2D eigenvalue weighted by molar-refractivity contribution is 5.82. The average molecular weight is 237 g/mol. The van der Waals surface area contributed by atoms with Crippen molar-refractivity contribution in [2.45, 2.75) is 19.4 Å². The Morgan fingerprint density at radius 1 is 1.53 bits per heavy atom. The molecule has 1 amide bonds. The highest BCUT2D eigenvalue weighted by atomic mass is 16.5. The molecule has 0 bridgehead atoms. The Morgan fingerprint density at radius 3 is 2.65 bits per heavy atom. The summed E-state index contributed by atoms with van der Waals surface area (Å²) in [7, 11) is 3.10. The fraction of sp³-hybridized carbons (Fsp3) is 0.417. The van der Waals surface area contributed by atoms with Crippen LogP contribution in [0.15, 0.2) is 18.2 Å². The summed E-state index contributed by atoms with van der Waals surface area (Å²) in [5.41, 5.74) is 7.60. The summed E-state index contributed by atoms with van der Waals surface area (Å²) in [6.07, 6.45) is 0.816. The molecule has 1 aromatic rings. The Kier molecular flexibility index (Phi) is 4.48. The van der Waals surface area contributed by atoms with E-state index in [0.717, 1.165) is 28.3 Å². The van der Waals surface area contributed by atoms with Crippen LogP contribution in [0.2, 0.25) is 0 Å². The molecule has 0 fully saturated rings. The van der Waals surface area contributed by atoms with Crippen LogP contribution in [0, 0.1) is 0 Å². The smallest absolute Gasteiger partial charge is 0.257 e. The Bertz CT molecular complexity index is 405. The van der Waals surface area contributed by atoms with Gasteiger partial charge in [0.1, 0.15) is 11.8 Å². The third-order valence-electron chi connectivity index (χ3n) is 2.66. The molecule has 0 aliphatic carbocycles. The lowest BCUT2D eigenvalue weighted by Gasteiger charge is -2.18. The van der Waals surface area contributed by atoms with Crippen LogP contribution in [0.1, 0.15) is 24.1 Å². The molecule has 0 saturated carbocycles. The summed E-state index contributed by atoms with van der Waals surface area (Å²) < 4.78 is 5.22. The standard InChI is InChI=1S/C12H19N3O2/c1-4-8-7-9(5-6-10(8)17-3)11(13)12(16)15(2)14/h5-7,11H,4,13-14H2,1-3H3. The average Bonchev–Trinajstić information content (AvgIpc) is 2.35. The minimum Gasteiger partial charge on any atom is -0.496 e. The maximum atomic E-state index is 11.6. The third-order valence-corrected chi connectivity index (χ3v) is 2.66. The summed E-state index contributed by atoms with van der Waals surface area (Å²) in [6.45, 7) is 2.02. The molecule has 1 rings (SSSR count). The number of carbonyl (C=O) groups is 1. The first kappa shape index (κ1) is 13.5. The molecule has 1 aromatic carbocycles. The fourth-order valence-electron chi connectivity index (χ4n) is 1.63. The van der Waals surface area contributed by atoms with Crippen molar-refractivity contribution in [3.05, 3.63) is 29.3 Å². The molecule has 0 spiro atoms. The van der Waals surface area contributed by atoms with Gasteiger partial charge >= 0.3 is 0 Å². The first-order chi connectivity index (χ1) is 8.01. The van der Waals surface area contributed by atoms with Gasteiger partial charge in [0.15, 0.2) is 0 Å². The van der Waals surface area contributed by atoms with E-state index in [0.29, 0.717) is 0 Å². The molecule has 5 nitrogen and oxygen atoms in total. The van der Waals surface area contributed by atoms with E-state index in [1.165, 1.54) is 7.05 Å². The molecule has 1 unspecified atom stereocenters. The van der Waals surface area contributed by atoms with Crippen LogP contribution < -0.4 is 16.3 Å². The molecule has 0 radical (unpaired) electrons. The second kappa shape index (κ2) is 5.65. The van der Waals surface area contributed by atoms with Crippen molar-refractivity contribution >= 4 is 5.91 Å². The van der Waals surface area contributed by atoms with Crippen molar-refractivity contribution in [3.8, 4) is 5.75 Å². The molecule has 0 aliphatic heterocycles. The van der Waals surface area contributed by atoms with Gasteiger partial charge in [-0.25, -0.2) is 5.84 Å². The normalized spacial score (nSPS) is 12.1. The zero-order chi connectivity index (χ0) is 13.0. The number of ether oxygens (including phenoxy) is 1. The first-order valence-corrected chi connectivity index (χ1v) is 5.45. The minimum atomic E-state index is -0.735. The van der Waals surface area contributed by atoms with Gasteiger partial charge in [-0.2, -0.15) is 0 Å². The molecular formula is C12H19N3O2. The zero-order valence-electron chi connectivity index (χ0n) is 10.4. The molecule has 0 saturated heterocycles. The summed E-state index contributed by atoms with van der Waals surface area (Å²) in [5.74, 6) is 5.86. The molecule has 4 N–H and O–H groups in total. The fourth-order valence-corrected chi connectivity index (χ4v) is 1.63. The van der Waals surface area contributed by atoms with Crippen LogP contribution in [0.3, 0.4) is 0 Å². The SMILES string of the molecule is CCc1cc(C(N)C(=O)N(C)N)ccc1OC. The molecule has 94 valence electrons. The van der Waals surface area contributed by atoms with Crippen molar-refractivity contribution in [2.24, 2.45) is 11.6 Å². The Labute approximate surface area is 101 Å². The van der Waals surface area contributed by atoms with Gasteiger partial charge in [0.2, 0.25) is 0 Å². The van der Waals surface area contributed by atoms with Crippen LogP contribution >= 0.6 is 0 Å². The van der Waals surface area contributed by atoms with Crippen molar-refractivity contribution in [1.29, 1.82) is 0 Å². The van der Waals surface area contributed by atoms with E-state index in [9.17, 15) is 4.79 Å². The van der Waals surface area contributed by atoms with Crippen LogP contribution in [-0.2, 0) is 11.2 Å². The lowest BCUT2D eigenvalue weighted by Crippen LogP contribution is -2.40. The number of hydrogen-bond acceptors (Lipinski definition) is 4. The number of nitrogens with two attached hydrogens (primary N) is 2. The molecule has 17 heavy (non-hydrogen) atoms. The van der Waals surface area contributed by atoms with Gasteiger partial charge in [-0.05, 0) is 23.6 Å². The van der Waals surface area contributed by atoms with E-state index in [-0.39, 0.29) is 5.91 Å². The second-order valence-electron chi connectivity index (χ2n) is 3.85. The molecule has 0 aliphatic rings. The van der Waals surface area contributed by atoms with Gasteiger partial charge in [0, 0.05) is 7.05 Å². The number of likely N-dealkylation sites (N-methyl/N-ethyl adjacent to an activating group) is 1. The van der Waals surface area contributed by atoms with Crippen molar-refractivity contribution in [1.82, 2.24) is 5.01 Å². The topological polar surface area (TPSA) is 81.6 Å². The molecular weight excluding hydrogens is 218 g/mol.